The Morgan fingerprint density at radius 2 is 1.56 bits per heavy atom. The van der Waals surface area contributed by atoms with Crippen LogP contribution in [0, 0.1) is 0 Å². The standard InChI is InChI=1S/C20H26N2O2.ClH/c21-14-8-7-13-19(22-15-17-9-3-1-4-10-17)20(23)24-16-18-11-5-2-6-12-18;/h1-6,9-12,19,22H,7-8,13-16,21H2;1H. The van der Waals surface area contributed by atoms with Gasteiger partial charge in [-0.15, -0.1) is 12.4 Å². The van der Waals surface area contributed by atoms with Crippen molar-refractivity contribution in [3.8, 4) is 0 Å². The Bertz CT molecular complexity index is 593. The fourth-order valence-electron chi connectivity index (χ4n) is 2.46. The van der Waals surface area contributed by atoms with Gasteiger partial charge in [-0.1, -0.05) is 67.1 Å². The van der Waals surface area contributed by atoms with Gasteiger partial charge in [-0.25, -0.2) is 0 Å². The number of hydrogen-bond donors (Lipinski definition) is 2. The lowest BCUT2D eigenvalue weighted by atomic mass is 10.1. The van der Waals surface area contributed by atoms with Crippen LogP contribution in [-0.4, -0.2) is 18.6 Å². The average molecular weight is 363 g/mol. The van der Waals surface area contributed by atoms with E-state index in [2.05, 4.69) is 5.32 Å². The number of benzene rings is 2. The number of ether oxygens (including phenoxy) is 1. The molecule has 0 saturated heterocycles. The van der Waals surface area contributed by atoms with Gasteiger partial charge in [-0.05, 0) is 30.5 Å². The van der Waals surface area contributed by atoms with Crippen molar-refractivity contribution < 1.29 is 9.53 Å². The van der Waals surface area contributed by atoms with Crippen LogP contribution in [-0.2, 0) is 22.7 Å². The third-order valence-corrected chi connectivity index (χ3v) is 3.85. The van der Waals surface area contributed by atoms with Crippen LogP contribution in [0.3, 0.4) is 0 Å². The minimum absolute atomic E-state index is 0. The van der Waals surface area contributed by atoms with Gasteiger partial charge in [-0.3, -0.25) is 4.79 Å². The van der Waals surface area contributed by atoms with E-state index in [-0.39, 0.29) is 24.4 Å². The monoisotopic (exact) mass is 362 g/mol. The third kappa shape index (κ3) is 8.16. The van der Waals surface area contributed by atoms with Crippen LogP contribution in [0.4, 0.5) is 0 Å². The summed E-state index contributed by atoms with van der Waals surface area (Å²) in [5, 5.41) is 3.32. The fourth-order valence-corrected chi connectivity index (χ4v) is 2.46. The number of nitrogens with one attached hydrogen (secondary N) is 1. The average Bonchev–Trinajstić information content (AvgIpc) is 2.64. The highest BCUT2D eigenvalue weighted by molar-refractivity contribution is 5.85. The molecule has 0 fully saturated rings. The molecule has 1 unspecified atom stereocenters. The molecule has 0 spiro atoms. The summed E-state index contributed by atoms with van der Waals surface area (Å²) in [4.78, 5) is 12.4. The van der Waals surface area contributed by atoms with Gasteiger partial charge in [0.05, 0.1) is 0 Å². The maximum Gasteiger partial charge on any atom is 0.323 e. The molecule has 2 rings (SSSR count). The third-order valence-electron chi connectivity index (χ3n) is 3.85. The summed E-state index contributed by atoms with van der Waals surface area (Å²) in [6.07, 6.45) is 2.55. The summed E-state index contributed by atoms with van der Waals surface area (Å²) in [7, 11) is 0. The highest BCUT2D eigenvalue weighted by Crippen LogP contribution is 2.08. The second-order valence-corrected chi connectivity index (χ2v) is 5.80. The highest BCUT2D eigenvalue weighted by atomic mass is 35.5. The molecule has 5 heteroatoms. The summed E-state index contributed by atoms with van der Waals surface area (Å²) >= 11 is 0. The molecule has 2 aromatic carbocycles. The van der Waals surface area contributed by atoms with E-state index in [1.54, 1.807) is 0 Å². The summed E-state index contributed by atoms with van der Waals surface area (Å²) in [5.74, 6) is -0.202. The first-order chi connectivity index (χ1) is 11.8. The van der Waals surface area contributed by atoms with Gasteiger partial charge < -0.3 is 15.8 Å². The first-order valence-electron chi connectivity index (χ1n) is 8.47. The van der Waals surface area contributed by atoms with Crippen LogP contribution in [0.25, 0.3) is 0 Å². The molecule has 1 atom stereocenters. The Morgan fingerprint density at radius 1 is 0.960 bits per heavy atom. The highest BCUT2D eigenvalue weighted by Gasteiger charge is 2.19. The Labute approximate surface area is 156 Å². The van der Waals surface area contributed by atoms with Gasteiger partial charge >= 0.3 is 5.97 Å². The zero-order chi connectivity index (χ0) is 17.0. The van der Waals surface area contributed by atoms with E-state index in [1.165, 1.54) is 0 Å². The van der Waals surface area contributed by atoms with Crippen LogP contribution in [0.2, 0.25) is 0 Å². The second kappa shape index (κ2) is 12.5. The largest absolute Gasteiger partial charge is 0.460 e. The fraction of sp³-hybridized carbons (Fsp3) is 0.350. The first kappa shape index (κ1) is 21.2. The Morgan fingerprint density at radius 3 is 2.16 bits per heavy atom. The van der Waals surface area contributed by atoms with Gasteiger partial charge in [0.25, 0.3) is 0 Å². The van der Waals surface area contributed by atoms with Crippen molar-refractivity contribution in [1.29, 1.82) is 0 Å². The molecule has 0 saturated carbocycles. The lowest BCUT2D eigenvalue weighted by molar-refractivity contribution is -0.147. The predicted molar refractivity (Wildman–Crippen MR) is 103 cm³/mol. The molecule has 3 N–H and O–H groups in total. The van der Waals surface area contributed by atoms with Gasteiger partial charge in [0.1, 0.15) is 12.6 Å². The van der Waals surface area contributed by atoms with Gasteiger partial charge in [0.15, 0.2) is 0 Å². The number of hydrogen-bond acceptors (Lipinski definition) is 4. The summed E-state index contributed by atoms with van der Waals surface area (Å²) in [5.41, 5.74) is 7.70. The van der Waals surface area contributed by atoms with E-state index in [0.717, 1.165) is 30.4 Å². The number of esters is 1. The smallest absolute Gasteiger partial charge is 0.323 e. The molecular weight excluding hydrogens is 336 g/mol. The summed E-state index contributed by atoms with van der Waals surface area (Å²) < 4.78 is 5.48. The lowest BCUT2D eigenvalue weighted by Gasteiger charge is -2.18. The summed E-state index contributed by atoms with van der Waals surface area (Å²) in [6.45, 7) is 1.60. The van der Waals surface area contributed by atoms with E-state index >= 15 is 0 Å². The molecule has 4 nitrogen and oxygen atoms in total. The van der Waals surface area contributed by atoms with Crippen LogP contribution in [0.1, 0.15) is 30.4 Å². The van der Waals surface area contributed by atoms with Crippen molar-refractivity contribution in [1.82, 2.24) is 5.32 Å². The van der Waals surface area contributed by atoms with E-state index in [0.29, 0.717) is 19.7 Å². The summed E-state index contributed by atoms with van der Waals surface area (Å²) in [6, 6.07) is 19.5. The van der Waals surface area contributed by atoms with Crippen LogP contribution < -0.4 is 11.1 Å². The van der Waals surface area contributed by atoms with Crippen molar-refractivity contribution >= 4 is 18.4 Å². The SMILES string of the molecule is Cl.NCCCCC(NCc1ccccc1)C(=O)OCc1ccccc1. The van der Waals surface area contributed by atoms with Crippen LogP contribution in [0.5, 0.6) is 0 Å². The topological polar surface area (TPSA) is 64.3 Å². The first-order valence-corrected chi connectivity index (χ1v) is 8.47. The second-order valence-electron chi connectivity index (χ2n) is 5.80. The molecule has 136 valence electrons. The number of unbranched alkanes of at least 4 members (excludes halogenated alkanes) is 1. The van der Waals surface area contributed by atoms with Crippen molar-refractivity contribution in [2.24, 2.45) is 5.73 Å². The molecule has 0 aliphatic rings. The Kier molecular flexibility index (Phi) is 10.6. The molecule has 0 aliphatic heterocycles. The van der Waals surface area contributed by atoms with E-state index in [1.807, 2.05) is 60.7 Å². The van der Waals surface area contributed by atoms with E-state index in [4.69, 9.17) is 10.5 Å². The zero-order valence-corrected chi connectivity index (χ0v) is 15.2. The number of carbonyl (C=O) groups excluding carboxylic acids is 1. The lowest BCUT2D eigenvalue weighted by Crippen LogP contribution is -2.37. The van der Waals surface area contributed by atoms with Gasteiger partial charge in [-0.2, -0.15) is 0 Å². The molecule has 0 radical (unpaired) electrons. The molecule has 0 bridgehead atoms. The number of halogens is 1. The molecule has 0 amide bonds. The van der Waals surface area contributed by atoms with Crippen LogP contribution in [0.15, 0.2) is 60.7 Å². The van der Waals surface area contributed by atoms with Gasteiger partial charge in [0, 0.05) is 6.54 Å². The minimum atomic E-state index is -0.305. The molecular formula is C20H27ClN2O2. The van der Waals surface area contributed by atoms with Crippen LogP contribution >= 0.6 is 12.4 Å². The number of rotatable bonds is 10. The Balaban J connectivity index is 0.00000312. The van der Waals surface area contributed by atoms with Crippen molar-refractivity contribution in [2.45, 2.75) is 38.5 Å². The molecule has 25 heavy (non-hydrogen) atoms. The van der Waals surface area contributed by atoms with Crippen molar-refractivity contribution in [3.05, 3.63) is 71.8 Å². The molecule has 2 aromatic rings. The van der Waals surface area contributed by atoms with Crippen molar-refractivity contribution in [2.75, 3.05) is 6.54 Å². The van der Waals surface area contributed by atoms with E-state index in [9.17, 15) is 4.79 Å². The predicted octanol–water partition coefficient (Wildman–Crippen LogP) is 3.44. The quantitative estimate of drug-likeness (QED) is 0.502. The molecule has 0 aliphatic carbocycles. The zero-order valence-electron chi connectivity index (χ0n) is 14.4. The molecule has 0 aromatic heterocycles. The Hall–Kier alpha value is -1.88. The molecule has 0 heterocycles. The number of nitrogens with two attached hydrogens (primary N) is 1. The van der Waals surface area contributed by atoms with E-state index < -0.39 is 0 Å². The maximum atomic E-state index is 12.4. The maximum absolute atomic E-state index is 12.4. The van der Waals surface area contributed by atoms with Crippen molar-refractivity contribution in [3.63, 3.8) is 0 Å². The van der Waals surface area contributed by atoms with Gasteiger partial charge in [0.2, 0.25) is 0 Å². The number of carbonyl (C=O) groups is 1. The minimum Gasteiger partial charge on any atom is -0.460 e. The normalized spacial score (nSPS) is 11.4.